The van der Waals surface area contributed by atoms with Crippen molar-refractivity contribution in [2.45, 2.75) is 0 Å². The van der Waals surface area contributed by atoms with Crippen LogP contribution < -0.4 is 5.32 Å². The normalized spacial score (nSPS) is 14.9. The van der Waals surface area contributed by atoms with Crippen LogP contribution in [0, 0.1) is 5.92 Å². The smallest absolute Gasteiger partial charge is 0.321 e. The first-order valence-corrected chi connectivity index (χ1v) is 7.45. The molecule has 0 atom stereocenters. The van der Waals surface area contributed by atoms with Crippen molar-refractivity contribution in [3.8, 4) is 10.4 Å². The predicted molar refractivity (Wildman–Crippen MR) is 80.9 cm³/mol. The van der Waals surface area contributed by atoms with E-state index in [1.54, 1.807) is 16.2 Å². The van der Waals surface area contributed by atoms with Gasteiger partial charge in [0.2, 0.25) is 0 Å². The number of carbonyl (C=O) groups is 1. The van der Waals surface area contributed by atoms with Gasteiger partial charge in [-0.05, 0) is 29.1 Å². The molecule has 0 spiro atoms. The van der Waals surface area contributed by atoms with E-state index in [0.717, 1.165) is 11.3 Å². The second-order valence-electron chi connectivity index (χ2n) is 4.94. The van der Waals surface area contributed by atoms with Crippen LogP contribution in [0.1, 0.15) is 0 Å². The number of nitrogens with one attached hydrogen (secondary N) is 1. The molecule has 20 heavy (non-hydrogen) atoms. The lowest BCUT2D eigenvalue weighted by Crippen LogP contribution is -2.52. The largest absolute Gasteiger partial charge is 0.396 e. The molecular weight excluding hydrogens is 272 g/mol. The van der Waals surface area contributed by atoms with E-state index in [0.29, 0.717) is 13.1 Å². The Balaban J connectivity index is 1.66. The Bertz CT molecular complexity index is 592. The van der Waals surface area contributed by atoms with Gasteiger partial charge in [0.1, 0.15) is 0 Å². The molecule has 0 unspecified atom stereocenters. The van der Waals surface area contributed by atoms with Gasteiger partial charge in [0.25, 0.3) is 0 Å². The maximum atomic E-state index is 12.0. The van der Waals surface area contributed by atoms with Crippen molar-refractivity contribution in [2.24, 2.45) is 5.92 Å². The van der Waals surface area contributed by atoms with Gasteiger partial charge in [0, 0.05) is 36.2 Å². The topological polar surface area (TPSA) is 52.6 Å². The second kappa shape index (κ2) is 5.64. The van der Waals surface area contributed by atoms with Gasteiger partial charge in [-0.15, -0.1) is 11.3 Å². The minimum Gasteiger partial charge on any atom is -0.396 e. The summed E-state index contributed by atoms with van der Waals surface area (Å²) in [7, 11) is 0. The van der Waals surface area contributed by atoms with E-state index in [9.17, 15) is 4.79 Å². The highest BCUT2D eigenvalue weighted by Crippen LogP contribution is 2.27. The fourth-order valence-corrected chi connectivity index (χ4v) is 2.97. The Morgan fingerprint density at radius 2 is 2.20 bits per heavy atom. The van der Waals surface area contributed by atoms with Crippen LogP contribution in [-0.4, -0.2) is 35.7 Å². The first kappa shape index (κ1) is 13.1. The van der Waals surface area contributed by atoms with Crippen molar-refractivity contribution in [1.82, 2.24) is 4.90 Å². The quantitative estimate of drug-likeness (QED) is 0.912. The number of carbonyl (C=O) groups excluding carboxylic acids is 1. The number of anilines is 1. The molecule has 1 aromatic heterocycles. The Kier molecular flexibility index (Phi) is 3.71. The van der Waals surface area contributed by atoms with Crippen molar-refractivity contribution in [2.75, 3.05) is 25.0 Å². The Morgan fingerprint density at radius 3 is 2.90 bits per heavy atom. The summed E-state index contributed by atoms with van der Waals surface area (Å²) in [6.07, 6.45) is 0. The molecular formula is C15H16N2O2S. The molecule has 1 aromatic carbocycles. The first-order chi connectivity index (χ1) is 9.76. The number of aliphatic hydroxyl groups excluding tert-OH is 1. The van der Waals surface area contributed by atoms with Crippen LogP contribution in [-0.2, 0) is 0 Å². The monoisotopic (exact) mass is 288 g/mol. The van der Waals surface area contributed by atoms with Gasteiger partial charge < -0.3 is 15.3 Å². The minimum absolute atomic E-state index is 0.0990. The van der Waals surface area contributed by atoms with E-state index < -0.39 is 0 Å². The summed E-state index contributed by atoms with van der Waals surface area (Å²) in [5.74, 6) is 0.234. The third kappa shape index (κ3) is 2.69. The number of nitrogens with zero attached hydrogens (tertiary/aromatic N) is 1. The van der Waals surface area contributed by atoms with Crippen LogP contribution in [0.2, 0.25) is 0 Å². The van der Waals surface area contributed by atoms with E-state index in [-0.39, 0.29) is 18.6 Å². The standard InChI is InChI=1S/C15H16N2O2S/c18-10-11-8-17(9-11)15(19)16-13-4-1-3-12(7-13)14-5-2-6-20-14/h1-7,11,18H,8-10H2,(H,16,19). The molecule has 0 aliphatic carbocycles. The number of likely N-dealkylation sites (tertiary alicyclic amines) is 1. The highest BCUT2D eigenvalue weighted by molar-refractivity contribution is 7.13. The number of amides is 2. The zero-order valence-corrected chi connectivity index (χ0v) is 11.8. The highest BCUT2D eigenvalue weighted by atomic mass is 32.1. The zero-order chi connectivity index (χ0) is 13.9. The van der Waals surface area contributed by atoms with Crippen molar-refractivity contribution in [3.63, 3.8) is 0 Å². The number of aliphatic hydroxyl groups is 1. The van der Waals surface area contributed by atoms with E-state index in [1.807, 2.05) is 35.7 Å². The lowest BCUT2D eigenvalue weighted by atomic mass is 10.0. The Morgan fingerprint density at radius 1 is 1.35 bits per heavy atom. The molecule has 2 heterocycles. The summed E-state index contributed by atoms with van der Waals surface area (Å²) in [5.41, 5.74) is 1.91. The van der Waals surface area contributed by atoms with Crippen LogP contribution >= 0.6 is 11.3 Å². The summed E-state index contributed by atoms with van der Waals surface area (Å²) in [5, 5.41) is 13.9. The molecule has 0 radical (unpaired) electrons. The van der Waals surface area contributed by atoms with Crippen molar-refractivity contribution >= 4 is 23.1 Å². The third-order valence-electron chi connectivity index (χ3n) is 3.42. The molecule has 3 rings (SSSR count). The molecule has 1 saturated heterocycles. The molecule has 1 fully saturated rings. The number of thiophene rings is 1. The average molecular weight is 288 g/mol. The summed E-state index contributed by atoms with van der Waals surface area (Å²) in [4.78, 5) is 14.9. The van der Waals surface area contributed by atoms with E-state index >= 15 is 0 Å². The summed E-state index contributed by atoms with van der Waals surface area (Å²) >= 11 is 1.68. The first-order valence-electron chi connectivity index (χ1n) is 6.57. The third-order valence-corrected chi connectivity index (χ3v) is 4.34. The fourth-order valence-electron chi connectivity index (χ4n) is 2.25. The molecule has 1 aliphatic heterocycles. The number of urea groups is 1. The van der Waals surface area contributed by atoms with Gasteiger partial charge in [-0.3, -0.25) is 0 Å². The van der Waals surface area contributed by atoms with Gasteiger partial charge in [0.05, 0.1) is 0 Å². The molecule has 5 heteroatoms. The van der Waals surface area contributed by atoms with Crippen molar-refractivity contribution in [1.29, 1.82) is 0 Å². The van der Waals surface area contributed by atoms with Crippen LogP contribution in [0.15, 0.2) is 41.8 Å². The average Bonchev–Trinajstić information content (AvgIpc) is 2.91. The zero-order valence-electron chi connectivity index (χ0n) is 11.0. The molecule has 2 N–H and O–H groups in total. The number of hydrogen-bond acceptors (Lipinski definition) is 3. The molecule has 104 valence electrons. The number of hydrogen-bond donors (Lipinski definition) is 2. The Labute approximate surface area is 121 Å². The molecule has 2 aromatic rings. The minimum atomic E-state index is -0.0990. The van der Waals surface area contributed by atoms with Crippen LogP contribution in [0.25, 0.3) is 10.4 Å². The summed E-state index contributed by atoms with van der Waals surface area (Å²) in [6, 6.07) is 11.8. The van der Waals surface area contributed by atoms with E-state index in [4.69, 9.17) is 5.11 Å². The molecule has 1 aliphatic rings. The lowest BCUT2D eigenvalue weighted by Gasteiger charge is -2.38. The predicted octanol–water partition coefficient (Wildman–Crippen LogP) is 2.87. The maximum absolute atomic E-state index is 12.0. The fraction of sp³-hybridized carbons (Fsp3) is 0.267. The van der Waals surface area contributed by atoms with E-state index in [2.05, 4.69) is 11.4 Å². The molecule has 0 bridgehead atoms. The van der Waals surface area contributed by atoms with Crippen LogP contribution in [0.5, 0.6) is 0 Å². The number of benzene rings is 1. The van der Waals surface area contributed by atoms with Gasteiger partial charge in [-0.2, -0.15) is 0 Å². The lowest BCUT2D eigenvalue weighted by molar-refractivity contribution is 0.0838. The maximum Gasteiger partial charge on any atom is 0.321 e. The highest BCUT2D eigenvalue weighted by Gasteiger charge is 2.29. The molecule has 4 nitrogen and oxygen atoms in total. The SMILES string of the molecule is O=C(Nc1cccc(-c2cccs2)c1)N1CC(CO)C1. The van der Waals surface area contributed by atoms with Gasteiger partial charge in [-0.25, -0.2) is 4.79 Å². The second-order valence-corrected chi connectivity index (χ2v) is 5.89. The van der Waals surface area contributed by atoms with Crippen LogP contribution in [0.3, 0.4) is 0 Å². The van der Waals surface area contributed by atoms with Gasteiger partial charge >= 0.3 is 6.03 Å². The molecule has 2 amide bonds. The summed E-state index contributed by atoms with van der Waals surface area (Å²) in [6.45, 7) is 1.41. The van der Waals surface area contributed by atoms with E-state index in [1.165, 1.54) is 4.88 Å². The van der Waals surface area contributed by atoms with Crippen LogP contribution in [0.4, 0.5) is 10.5 Å². The number of rotatable bonds is 3. The Hall–Kier alpha value is -1.85. The molecule has 0 saturated carbocycles. The van der Waals surface area contributed by atoms with Crippen molar-refractivity contribution in [3.05, 3.63) is 41.8 Å². The van der Waals surface area contributed by atoms with Gasteiger partial charge in [0.15, 0.2) is 0 Å². The van der Waals surface area contributed by atoms with Gasteiger partial charge in [-0.1, -0.05) is 18.2 Å². The summed E-state index contributed by atoms with van der Waals surface area (Å²) < 4.78 is 0. The van der Waals surface area contributed by atoms with Crippen molar-refractivity contribution < 1.29 is 9.90 Å².